The number of aliphatic hydroxyl groups is 2. The van der Waals surface area contributed by atoms with Gasteiger partial charge in [0.05, 0.1) is 4.92 Å². The highest BCUT2D eigenvalue weighted by Gasteiger charge is 2.29. The van der Waals surface area contributed by atoms with Crippen LogP contribution in [0.5, 0.6) is 0 Å². The topological polar surface area (TPSA) is 147 Å². The molecule has 0 radical (unpaired) electrons. The number of hydrogen-bond donors (Lipinski definition) is 4. The first-order chi connectivity index (χ1) is 8.25. The van der Waals surface area contributed by atoms with E-state index in [0.29, 0.717) is 5.56 Å². The Morgan fingerprint density at radius 2 is 2.00 bits per heavy atom. The van der Waals surface area contributed by atoms with Gasteiger partial charge in [0.2, 0.25) is 0 Å². The molecule has 0 heterocycles. The lowest BCUT2D eigenvalue weighted by atomic mass is 9.99. The zero-order valence-corrected chi connectivity index (χ0v) is 9.40. The molecule has 8 heteroatoms. The van der Waals surface area contributed by atoms with E-state index in [9.17, 15) is 25.1 Å². The van der Waals surface area contributed by atoms with Crippen LogP contribution in [0.3, 0.4) is 0 Å². The van der Waals surface area contributed by atoms with Crippen molar-refractivity contribution < 1.29 is 25.0 Å². The van der Waals surface area contributed by atoms with E-state index in [1.807, 2.05) is 0 Å². The first-order valence-electron chi connectivity index (χ1n) is 4.89. The molecule has 1 rings (SSSR count). The Bertz CT molecular complexity index is 501. The normalized spacial score (nSPS) is 13.9. The fourth-order valence-electron chi connectivity index (χ4n) is 1.51. The number of benzene rings is 1. The number of aliphatic carboxylic acids is 1. The number of nitro benzene ring substituents is 1. The van der Waals surface area contributed by atoms with Crippen molar-refractivity contribution in [3.05, 3.63) is 33.4 Å². The Hall–Kier alpha value is -2.19. The number of carbonyl (C=O) groups is 1. The molecule has 2 atom stereocenters. The fourth-order valence-corrected chi connectivity index (χ4v) is 1.51. The third kappa shape index (κ3) is 2.55. The predicted molar refractivity (Wildman–Crippen MR) is 60.8 cm³/mol. The monoisotopic (exact) mass is 256 g/mol. The Morgan fingerprint density at radius 3 is 2.44 bits per heavy atom. The van der Waals surface area contributed by atoms with E-state index >= 15 is 0 Å². The lowest BCUT2D eigenvalue weighted by Crippen LogP contribution is -2.28. The second kappa shape index (κ2) is 4.98. The first-order valence-corrected chi connectivity index (χ1v) is 4.89. The summed E-state index contributed by atoms with van der Waals surface area (Å²) >= 11 is 0. The van der Waals surface area contributed by atoms with E-state index in [4.69, 9.17) is 10.8 Å². The second-order valence-corrected chi connectivity index (χ2v) is 3.77. The van der Waals surface area contributed by atoms with Gasteiger partial charge in [-0.3, -0.25) is 10.1 Å². The number of anilines is 1. The Balaban J connectivity index is 3.32. The van der Waals surface area contributed by atoms with Crippen LogP contribution in [0.15, 0.2) is 12.1 Å². The molecule has 0 spiro atoms. The van der Waals surface area contributed by atoms with Crippen LogP contribution >= 0.6 is 0 Å². The van der Waals surface area contributed by atoms with Gasteiger partial charge in [0, 0.05) is 11.6 Å². The van der Waals surface area contributed by atoms with Crippen molar-refractivity contribution >= 4 is 17.3 Å². The molecule has 0 aromatic heterocycles. The summed E-state index contributed by atoms with van der Waals surface area (Å²) in [4.78, 5) is 20.5. The molecule has 8 nitrogen and oxygen atoms in total. The highest BCUT2D eigenvalue weighted by Crippen LogP contribution is 2.32. The molecular formula is C10H12N2O6. The average molecular weight is 256 g/mol. The van der Waals surface area contributed by atoms with Crippen LogP contribution in [-0.4, -0.2) is 32.3 Å². The molecule has 98 valence electrons. The molecule has 0 fully saturated rings. The fraction of sp³-hybridized carbons (Fsp3) is 0.300. The number of nitro groups is 1. The van der Waals surface area contributed by atoms with Gasteiger partial charge in [-0.1, -0.05) is 6.07 Å². The molecule has 0 saturated heterocycles. The summed E-state index contributed by atoms with van der Waals surface area (Å²) in [5, 5.41) is 38.1. The van der Waals surface area contributed by atoms with Crippen LogP contribution < -0.4 is 5.73 Å². The maximum absolute atomic E-state index is 10.7. The van der Waals surface area contributed by atoms with Gasteiger partial charge in [0.25, 0.3) is 5.69 Å². The van der Waals surface area contributed by atoms with Crippen molar-refractivity contribution in [2.24, 2.45) is 0 Å². The highest BCUT2D eigenvalue weighted by atomic mass is 16.6. The van der Waals surface area contributed by atoms with Gasteiger partial charge >= 0.3 is 5.97 Å². The maximum atomic E-state index is 10.7. The standard InChI is InChI=1S/C10H12N2O6/c1-4-2-5(8(13)9(14)10(15)16)7(11)6(3-4)12(17)18/h2-3,8-9,13-14H,11H2,1H3,(H,15,16). The SMILES string of the molecule is Cc1cc(C(O)C(O)C(=O)O)c(N)c([N+](=O)[O-])c1. The third-order valence-corrected chi connectivity index (χ3v) is 2.40. The number of carboxylic acids is 1. The second-order valence-electron chi connectivity index (χ2n) is 3.77. The van der Waals surface area contributed by atoms with Gasteiger partial charge in [0.15, 0.2) is 6.10 Å². The largest absolute Gasteiger partial charge is 0.479 e. The van der Waals surface area contributed by atoms with Crippen LogP contribution in [0, 0.1) is 17.0 Å². The molecule has 1 aromatic rings. The number of aliphatic hydroxyl groups excluding tert-OH is 2. The number of nitrogens with two attached hydrogens (primary N) is 1. The summed E-state index contributed by atoms with van der Waals surface area (Å²) in [6, 6.07) is 2.48. The Labute approximate surface area is 101 Å². The Kier molecular flexibility index (Phi) is 3.84. The number of nitrogens with zero attached hydrogens (tertiary/aromatic N) is 1. The minimum absolute atomic E-state index is 0.184. The van der Waals surface area contributed by atoms with Crippen LogP contribution in [-0.2, 0) is 4.79 Å². The van der Waals surface area contributed by atoms with E-state index in [2.05, 4.69) is 0 Å². The van der Waals surface area contributed by atoms with Gasteiger partial charge < -0.3 is 21.1 Å². The highest BCUT2D eigenvalue weighted by molar-refractivity contribution is 5.75. The summed E-state index contributed by atoms with van der Waals surface area (Å²) < 4.78 is 0. The number of nitrogen functional groups attached to an aromatic ring is 1. The van der Waals surface area contributed by atoms with Crippen LogP contribution in [0.4, 0.5) is 11.4 Å². The summed E-state index contributed by atoms with van der Waals surface area (Å²) in [7, 11) is 0. The van der Waals surface area contributed by atoms with Crippen molar-refractivity contribution in [2.45, 2.75) is 19.1 Å². The molecule has 2 unspecified atom stereocenters. The summed E-state index contributed by atoms with van der Waals surface area (Å²) in [6.45, 7) is 1.52. The molecule has 0 aliphatic heterocycles. The molecule has 0 aliphatic rings. The smallest absolute Gasteiger partial charge is 0.335 e. The maximum Gasteiger partial charge on any atom is 0.335 e. The van der Waals surface area contributed by atoms with Gasteiger partial charge in [0.1, 0.15) is 11.8 Å². The molecule has 0 saturated carbocycles. The number of aryl methyl sites for hydroxylation is 1. The van der Waals surface area contributed by atoms with Gasteiger partial charge in [-0.05, 0) is 12.5 Å². The van der Waals surface area contributed by atoms with E-state index in [0.717, 1.165) is 0 Å². The minimum atomic E-state index is -2.10. The van der Waals surface area contributed by atoms with Crippen LogP contribution in [0.2, 0.25) is 0 Å². The summed E-state index contributed by atoms with van der Waals surface area (Å²) in [5.74, 6) is -1.65. The molecule has 0 amide bonds. The molecule has 0 aliphatic carbocycles. The molecule has 0 bridgehead atoms. The minimum Gasteiger partial charge on any atom is -0.479 e. The lowest BCUT2D eigenvalue weighted by Gasteiger charge is -2.16. The lowest BCUT2D eigenvalue weighted by molar-refractivity contribution is -0.384. The van der Waals surface area contributed by atoms with Crippen molar-refractivity contribution in [2.75, 3.05) is 5.73 Å². The van der Waals surface area contributed by atoms with Crippen molar-refractivity contribution in [3.63, 3.8) is 0 Å². The van der Waals surface area contributed by atoms with Crippen LogP contribution in [0.25, 0.3) is 0 Å². The third-order valence-electron chi connectivity index (χ3n) is 2.40. The van der Waals surface area contributed by atoms with Crippen molar-refractivity contribution in [1.29, 1.82) is 0 Å². The van der Waals surface area contributed by atoms with Crippen molar-refractivity contribution in [1.82, 2.24) is 0 Å². The zero-order valence-electron chi connectivity index (χ0n) is 9.40. The zero-order chi connectivity index (χ0) is 14.0. The van der Waals surface area contributed by atoms with E-state index in [1.54, 1.807) is 0 Å². The number of carboxylic acid groups (broad SMARTS) is 1. The molecule has 5 N–H and O–H groups in total. The van der Waals surface area contributed by atoms with E-state index in [-0.39, 0.29) is 11.3 Å². The predicted octanol–water partition coefficient (Wildman–Crippen LogP) is -0.0357. The van der Waals surface area contributed by atoms with Gasteiger partial charge in [-0.2, -0.15) is 0 Å². The van der Waals surface area contributed by atoms with Gasteiger partial charge in [-0.25, -0.2) is 4.79 Å². The number of rotatable bonds is 4. The molecule has 18 heavy (non-hydrogen) atoms. The van der Waals surface area contributed by atoms with Gasteiger partial charge in [-0.15, -0.1) is 0 Å². The molecule has 1 aromatic carbocycles. The van der Waals surface area contributed by atoms with Crippen molar-refractivity contribution in [3.8, 4) is 0 Å². The molecular weight excluding hydrogens is 244 g/mol. The van der Waals surface area contributed by atoms with E-state index < -0.39 is 28.8 Å². The van der Waals surface area contributed by atoms with E-state index in [1.165, 1.54) is 19.1 Å². The first kappa shape index (κ1) is 13.9. The average Bonchev–Trinajstić information content (AvgIpc) is 2.29. The quantitative estimate of drug-likeness (QED) is 0.335. The van der Waals surface area contributed by atoms with Crippen LogP contribution in [0.1, 0.15) is 17.2 Å². The summed E-state index contributed by atoms with van der Waals surface area (Å²) in [5.41, 5.74) is 4.92. The summed E-state index contributed by atoms with van der Waals surface area (Å²) in [6.07, 6.45) is -3.94. The number of hydrogen-bond acceptors (Lipinski definition) is 6. The Morgan fingerprint density at radius 1 is 1.44 bits per heavy atom.